The van der Waals surface area contributed by atoms with Gasteiger partial charge in [0.1, 0.15) is 0 Å². The van der Waals surface area contributed by atoms with Crippen molar-refractivity contribution in [2.45, 2.75) is 17.0 Å². The van der Waals surface area contributed by atoms with Crippen molar-refractivity contribution < 1.29 is 21.9 Å². The molecule has 23 heavy (non-hydrogen) atoms. The topological polar surface area (TPSA) is 136 Å². The molecular weight excluding hydrogens is 342 g/mol. The van der Waals surface area contributed by atoms with Crippen LogP contribution in [0.5, 0.6) is 0 Å². The second-order valence-corrected chi connectivity index (χ2v) is 9.16. The van der Waals surface area contributed by atoms with E-state index in [1.807, 2.05) is 6.07 Å². The average molecular weight is 359 g/mol. The van der Waals surface area contributed by atoms with Gasteiger partial charge in [0.15, 0.2) is 9.84 Å². The van der Waals surface area contributed by atoms with Crippen molar-refractivity contribution in [3.05, 3.63) is 29.8 Å². The van der Waals surface area contributed by atoms with Crippen LogP contribution in [0.2, 0.25) is 0 Å². The maximum atomic E-state index is 12.1. The van der Waals surface area contributed by atoms with E-state index in [4.69, 9.17) is 5.26 Å². The highest BCUT2D eigenvalue weighted by Gasteiger charge is 2.35. The van der Waals surface area contributed by atoms with Gasteiger partial charge in [-0.15, -0.1) is 0 Å². The molecule has 0 bridgehead atoms. The molecule has 0 spiro atoms. The van der Waals surface area contributed by atoms with Gasteiger partial charge < -0.3 is 10.4 Å². The second kappa shape index (κ2) is 6.94. The van der Waals surface area contributed by atoms with Gasteiger partial charge in [-0.05, 0) is 18.2 Å². The zero-order valence-electron chi connectivity index (χ0n) is 12.1. The lowest BCUT2D eigenvalue weighted by atomic mass is 10.2. The number of nitriles is 1. The van der Waals surface area contributed by atoms with Gasteiger partial charge >= 0.3 is 0 Å². The summed E-state index contributed by atoms with van der Waals surface area (Å²) in [4.78, 5) is -0.0139. The van der Waals surface area contributed by atoms with E-state index in [0.717, 1.165) is 0 Å². The molecular formula is C13H17N3O5S2. The Kier molecular flexibility index (Phi) is 5.38. The summed E-state index contributed by atoms with van der Waals surface area (Å²) in [5, 5.41) is 21.2. The first-order valence-electron chi connectivity index (χ1n) is 6.85. The van der Waals surface area contributed by atoms with Gasteiger partial charge in [-0.2, -0.15) is 5.26 Å². The van der Waals surface area contributed by atoms with Crippen LogP contribution >= 0.6 is 0 Å². The smallest absolute Gasteiger partial charge is 0.240 e. The summed E-state index contributed by atoms with van der Waals surface area (Å²) in [6.07, 6.45) is -0.982. The number of benzene rings is 1. The second-order valence-electron chi connectivity index (χ2n) is 5.24. The summed E-state index contributed by atoms with van der Waals surface area (Å²) in [6, 6.07) is 6.90. The Hall–Kier alpha value is -1.51. The third-order valence-electron chi connectivity index (χ3n) is 3.42. The van der Waals surface area contributed by atoms with Gasteiger partial charge in [0.05, 0.1) is 34.1 Å². The van der Waals surface area contributed by atoms with Crippen LogP contribution in [0.1, 0.15) is 5.56 Å². The van der Waals surface area contributed by atoms with Crippen LogP contribution < -0.4 is 10.0 Å². The molecule has 2 atom stereocenters. The van der Waals surface area contributed by atoms with Crippen molar-refractivity contribution in [1.29, 1.82) is 5.26 Å². The van der Waals surface area contributed by atoms with Crippen LogP contribution in [0, 0.1) is 11.3 Å². The number of sulfone groups is 1. The molecule has 2 rings (SSSR count). The van der Waals surface area contributed by atoms with Crippen LogP contribution in [0.15, 0.2) is 29.2 Å². The van der Waals surface area contributed by atoms with Crippen LogP contribution in [-0.2, 0) is 19.9 Å². The van der Waals surface area contributed by atoms with Gasteiger partial charge in [0, 0.05) is 19.1 Å². The minimum Gasteiger partial charge on any atom is -0.390 e. The molecule has 0 aromatic heterocycles. The molecule has 10 heteroatoms. The molecule has 1 aromatic carbocycles. The molecule has 126 valence electrons. The van der Waals surface area contributed by atoms with Gasteiger partial charge in [-0.3, -0.25) is 0 Å². The minimum absolute atomic E-state index is 0.0139. The molecule has 0 radical (unpaired) electrons. The third kappa shape index (κ3) is 4.73. The van der Waals surface area contributed by atoms with Crippen molar-refractivity contribution in [1.82, 2.24) is 10.0 Å². The summed E-state index contributed by atoms with van der Waals surface area (Å²) in [5.41, 5.74) is 0.241. The lowest BCUT2D eigenvalue weighted by Crippen LogP contribution is -2.42. The highest BCUT2D eigenvalue weighted by atomic mass is 32.2. The quantitative estimate of drug-likeness (QED) is 0.530. The predicted octanol–water partition coefficient (Wildman–Crippen LogP) is -1.42. The van der Waals surface area contributed by atoms with Crippen LogP contribution in [-0.4, -0.2) is 58.7 Å². The molecule has 1 aliphatic rings. The van der Waals surface area contributed by atoms with Crippen molar-refractivity contribution in [3.8, 4) is 6.07 Å². The van der Waals surface area contributed by atoms with E-state index in [1.54, 1.807) is 0 Å². The molecule has 0 amide bonds. The summed E-state index contributed by atoms with van der Waals surface area (Å²) in [5.74, 6) is -0.442. The van der Waals surface area contributed by atoms with E-state index >= 15 is 0 Å². The maximum absolute atomic E-state index is 12.1. The van der Waals surface area contributed by atoms with E-state index in [2.05, 4.69) is 10.0 Å². The number of nitrogens with zero attached hydrogens (tertiary/aromatic N) is 1. The van der Waals surface area contributed by atoms with Crippen LogP contribution in [0.3, 0.4) is 0 Å². The van der Waals surface area contributed by atoms with Crippen LogP contribution in [0.25, 0.3) is 0 Å². The summed E-state index contributed by atoms with van der Waals surface area (Å²) in [6.45, 7) is 0.205. The van der Waals surface area contributed by atoms with Gasteiger partial charge in [0.25, 0.3) is 0 Å². The van der Waals surface area contributed by atoms with E-state index in [0.29, 0.717) is 0 Å². The van der Waals surface area contributed by atoms with E-state index < -0.39 is 32.0 Å². The molecule has 3 N–H and O–H groups in total. The number of aliphatic hydroxyl groups is 1. The fourth-order valence-corrected chi connectivity index (χ4v) is 5.14. The molecule has 0 aliphatic carbocycles. The number of rotatable bonds is 6. The Morgan fingerprint density at radius 1 is 1.30 bits per heavy atom. The number of aliphatic hydroxyl groups excluding tert-OH is 1. The number of sulfonamides is 1. The largest absolute Gasteiger partial charge is 0.390 e. The van der Waals surface area contributed by atoms with Crippen molar-refractivity contribution in [2.24, 2.45) is 0 Å². The van der Waals surface area contributed by atoms with Crippen molar-refractivity contribution in [2.75, 3.05) is 24.6 Å². The monoisotopic (exact) mass is 359 g/mol. The SMILES string of the molecule is N#Cc1cccc(S(=O)(=O)NCCN[C@@H]2CS(=O)(=O)C[C@@H]2O)c1. The zero-order valence-corrected chi connectivity index (χ0v) is 13.8. The molecule has 0 saturated carbocycles. The Bertz CT molecular complexity index is 814. The fraction of sp³-hybridized carbons (Fsp3) is 0.462. The molecule has 1 fully saturated rings. The fourth-order valence-electron chi connectivity index (χ4n) is 2.28. The molecule has 1 saturated heterocycles. The van der Waals surface area contributed by atoms with E-state index in [1.165, 1.54) is 24.3 Å². The molecule has 1 aromatic rings. The zero-order chi connectivity index (χ0) is 17.1. The maximum Gasteiger partial charge on any atom is 0.240 e. The van der Waals surface area contributed by atoms with Crippen LogP contribution in [0.4, 0.5) is 0 Å². The van der Waals surface area contributed by atoms with Gasteiger partial charge in [-0.25, -0.2) is 21.6 Å². The van der Waals surface area contributed by atoms with E-state index in [9.17, 15) is 21.9 Å². The number of hydrogen-bond donors (Lipinski definition) is 3. The average Bonchev–Trinajstić information content (AvgIpc) is 2.76. The minimum atomic E-state index is -3.75. The third-order valence-corrected chi connectivity index (χ3v) is 6.59. The van der Waals surface area contributed by atoms with Gasteiger partial charge in [0.2, 0.25) is 10.0 Å². The molecule has 1 heterocycles. The summed E-state index contributed by atoms with van der Waals surface area (Å²) < 4.78 is 49.2. The first kappa shape index (κ1) is 17.8. The highest BCUT2D eigenvalue weighted by Crippen LogP contribution is 2.12. The number of nitrogens with one attached hydrogen (secondary N) is 2. The lowest BCUT2D eigenvalue weighted by Gasteiger charge is -2.15. The standard InChI is InChI=1S/C13H17N3O5S2/c14-7-10-2-1-3-11(6-10)23(20,21)16-5-4-15-12-8-22(18,19)9-13(12)17/h1-3,6,12-13,15-17H,4-5,8-9H2/t12-,13+/m1/s1. The van der Waals surface area contributed by atoms with Crippen molar-refractivity contribution >= 4 is 19.9 Å². The predicted molar refractivity (Wildman–Crippen MR) is 82.8 cm³/mol. The molecule has 8 nitrogen and oxygen atoms in total. The van der Waals surface area contributed by atoms with Crippen molar-refractivity contribution in [3.63, 3.8) is 0 Å². The van der Waals surface area contributed by atoms with Gasteiger partial charge in [-0.1, -0.05) is 6.07 Å². The first-order valence-corrected chi connectivity index (χ1v) is 10.2. The Labute approximate surface area is 135 Å². The Morgan fingerprint density at radius 3 is 2.65 bits per heavy atom. The Balaban J connectivity index is 1.87. The van der Waals surface area contributed by atoms with E-state index in [-0.39, 0.29) is 35.1 Å². The highest BCUT2D eigenvalue weighted by molar-refractivity contribution is 7.91. The number of hydrogen-bond acceptors (Lipinski definition) is 7. The summed E-state index contributed by atoms with van der Waals surface area (Å²) >= 11 is 0. The lowest BCUT2D eigenvalue weighted by molar-refractivity contribution is 0.166. The molecule has 0 unspecified atom stereocenters. The first-order chi connectivity index (χ1) is 10.7. The molecule has 1 aliphatic heterocycles. The normalized spacial score (nSPS) is 23.5. The Morgan fingerprint density at radius 2 is 2.04 bits per heavy atom. The summed E-state index contributed by atoms with van der Waals surface area (Å²) in [7, 11) is -6.99.